The maximum Gasteiger partial charge on any atom is 0.329 e. The number of carbonyl (C=O) groups excluding carboxylic acids is 1. The Balaban J connectivity index is 2.35. The van der Waals surface area contributed by atoms with Gasteiger partial charge >= 0.3 is 5.97 Å². The van der Waals surface area contributed by atoms with Crippen LogP contribution in [0.15, 0.2) is 0 Å². The van der Waals surface area contributed by atoms with Gasteiger partial charge in [0.25, 0.3) is 0 Å². The summed E-state index contributed by atoms with van der Waals surface area (Å²) >= 11 is 0. The van der Waals surface area contributed by atoms with Crippen LogP contribution in [0.2, 0.25) is 0 Å². The average Bonchev–Trinajstić information content (AvgIpc) is 2.99. The van der Waals surface area contributed by atoms with Gasteiger partial charge in [0.05, 0.1) is 0 Å². The second kappa shape index (κ2) is 4.56. The molecule has 1 N–H and O–H groups in total. The van der Waals surface area contributed by atoms with Crippen molar-refractivity contribution in [2.24, 2.45) is 11.8 Å². The molecule has 0 radical (unpaired) electrons. The van der Waals surface area contributed by atoms with E-state index in [1.54, 1.807) is 4.90 Å². The fourth-order valence-electron chi connectivity index (χ4n) is 3.80. The number of aliphatic carboxylic acids is 1. The fourth-order valence-corrected chi connectivity index (χ4v) is 3.80. The first kappa shape index (κ1) is 13.4. The van der Waals surface area contributed by atoms with Gasteiger partial charge in [-0.25, -0.2) is 4.79 Å². The zero-order valence-electron chi connectivity index (χ0n) is 11.5. The molecule has 4 heteroatoms. The van der Waals surface area contributed by atoms with Gasteiger partial charge in [0.1, 0.15) is 5.54 Å². The van der Waals surface area contributed by atoms with Crippen molar-refractivity contribution in [3.63, 3.8) is 0 Å². The molecule has 0 aromatic rings. The quantitative estimate of drug-likeness (QED) is 0.839. The minimum Gasteiger partial charge on any atom is -0.479 e. The number of carboxylic acids is 1. The number of amides is 1. The molecule has 2 atom stereocenters. The van der Waals surface area contributed by atoms with Gasteiger partial charge in [-0.3, -0.25) is 4.79 Å². The summed E-state index contributed by atoms with van der Waals surface area (Å²) in [4.78, 5) is 25.4. The van der Waals surface area contributed by atoms with E-state index in [0.717, 1.165) is 19.3 Å². The Morgan fingerprint density at radius 3 is 2.00 bits per heavy atom. The zero-order valence-corrected chi connectivity index (χ0v) is 11.5. The molecular weight excluding hydrogens is 230 g/mol. The van der Waals surface area contributed by atoms with Crippen LogP contribution in [-0.4, -0.2) is 33.5 Å². The molecule has 4 nitrogen and oxygen atoms in total. The molecule has 0 bridgehead atoms. The van der Waals surface area contributed by atoms with Crippen molar-refractivity contribution in [2.75, 3.05) is 0 Å². The predicted molar refractivity (Wildman–Crippen MR) is 68.1 cm³/mol. The van der Waals surface area contributed by atoms with Crippen LogP contribution >= 0.6 is 0 Å². The molecule has 102 valence electrons. The van der Waals surface area contributed by atoms with Crippen molar-refractivity contribution >= 4 is 11.9 Å². The third kappa shape index (κ3) is 2.25. The van der Waals surface area contributed by atoms with Gasteiger partial charge in [-0.15, -0.1) is 0 Å². The molecule has 2 fully saturated rings. The van der Waals surface area contributed by atoms with E-state index in [0.29, 0.717) is 24.7 Å². The first-order valence-corrected chi connectivity index (χ1v) is 6.90. The van der Waals surface area contributed by atoms with Crippen molar-refractivity contribution in [1.29, 1.82) is 0 Å². The van der Waals surface area contributed by atoms with Crippen molar-refractivity contribution in [3.05, 3.63) is 0 Å². The molecule has 2 saturated carbocycles. The summed E-state index contributed by atoms with van der Waals surface area (Å²) in [7, 11) is 0. The molecule has 2 aliphatic rings. The number of nitrogens with zero attached hydrogens (tertiary/aromatic N) is 1. The Labute approximate surface area is 108 Å². The molecule has 2 unspecified atom stereocenters. The molecule has 0 spiro atoms. The van der Waals surface area contributed by atoms with Gasteiger partial charge in [0, 0.05) is 13.0 Å². The lowest BCUT2D eigenvalue weighted by atomic mass is 9.70. The van der Waals surface area contributed by atoms with E-state index in [1.807, 2.05) is 0 Å². The van der Waals surface area contributed by atoms with E-state index in [9.17, 15) is 14.7 Å². The van der Waals surface area contributed by atoms with Crippen LogP contribution in [0, 0.1) is 11.8 Å². The lowest BCUT2D eigenvalue weighted by Gasteiger charge is -2.47. The topological polar surface area (TPSA) is 57.6 Å². The summed E-state index contributed by atoms with van der Waals surface area (Å²) < 4.78 is 0. The Kier molecular flexibility index (Phi) is 3.39. The number of carbonyl (C=O) groups is 2. The highest BCUT2D eigenvalue weighted by atomic mass is 16.4. The van der Waals surface area contributed by atoms with E-state index in [4.69, 9.17) is 0 Å². The van der Waals surface area contributed by atoms with E-state index in [-0.39, 0.29) is 11.9 Å². The van der Waals surface area contributed by atoms with E-state index in [2.05, 4.69) is 13.8 Å². The van der Waals surface area contributed by atoms with E-state index in [1.165, 1.54) is 6.92 Å². The largest absolute Gasteiger partial charge is 0.479 e. The Hall–Kier alpha value is -1.06. The van der Waals surface area contributed by atoms with Crippen LogP contribution in [-0.2, 0) is 9.59 Å². The maximum absolute atomic E-state index is 11.9. The monoisotopic (exact) mass is 253 g/mol. The second-order valence-corrected chi connectivity index (χ2v) is 6.31. The first-order chi connectivity index (χ1) is 8.36. The molecular formula is C14H23NO3. The minimum atomic E-state index is -0.954. The van der Waals surface area contributed by atoms with Crippen LogP contribution in [0.4, 0.5) is 0 Å². The minimum absolute atomic E-state index is 0.0822. The summed E-state index contributed by atoms with van der Waals surface area (Å²) in [5.74, 6) is -0.167. The Morgan fingerprint density at radius 1 is 1.17 bits per heavy atom. The molecule has 0 aromatic heterocycles. The third-order valence-electron chi connectivity index (χ3n) is 4.29. The first-order valence-electron chi connectivity index (χ1n) is 6.90. The highest BCUT2D eigenvalue weighted by Gasteiger charge is 2.53. The van der Waals surface area contributed by atoms with Crippen molar-refractivity contribution in [1.82, 2.24) is 4.90 Å². The zero-order chi connectivity index (χ0) is 13.5. The smallest absolute Gasteiger partial charge is 0.329 e. The third-order valence-corrected chi connectivity index (χ3v) is 4.29. The number of hydrogen-bond acceptors (Lipinski definition) is 2. The Bertz CT molecular complexity index is 352. The summed E-state index contributed by atoms with van der Waals surface area (Å²) in [5.41, 5.74) is -0.954. The van der Waals surface area contributed by atoms with Gasteiger partial charge in [0.2, 0.25) is 5.91 Å². The van der Waals surface area contributed by atoms with Crippen LogP contribution in [0.3, 0.4) is 0 Å². The molecule has 2 rings (SSSR count). The summed E-state index contributed by atoms with van der Waals surface area (Å²) in [6.45, 7) is 5.70. The SMILES string of the molecule is CC(=O)N(C1CC1)C1(C(=O)O)CC(C)CC(C)C1. The van der Waals surface area contributed by atoms with Crippen molar-refractivity contribution in [3.8, 4) is 0 Å². The highest BCUT2D eigenvalue weighted by Crippen LogP contribution is 2.44. The van der Waals surface area contributed by atoms with Gasteiger partial charge in [-0.05, 0) is 43.9 Å². The normalized spacial score (nSPS) is 36.2. The molecule has 0 aliphatic heterocycles. The van der Waals surface area contributed by atoms with Crippen molar-refractivity contribution in [2.45, 2.75) is 64.5 Å². The molecule has 0 aromatic carbocycles. The lowest BCUT2D eigenvalue weighted by Crippen LogP contribution is -2.60. The maximum atomic E-state index is 11.9. The lowest BCUT2D eigenvalue weighted by molar-refractivity contribution is -0.164. The average molecular weight is 253 g/mol. The van der Waals surface area contributed by atoms with Gasteiger partial charge < -0.3 is 10.0 Å². The fraction of sp³-hybridized carbons (Fsp3) is 0.857. The van der Waals surface area contributed by atoms with Gasteiger partial charge in [0.15, 0.2) is 0 Å². The predicted octanol–water partition coefficient (Wildman–Crippen LogP) is 2.28. The molecule has 18 heavy (non-hydrogen) atoms. The van der Waals surface area contributed by atoms with Crippen molar-refractivity contribution < 1.29 is 14.7 Å². The Morgan fingerprint density at radius 2 is 1.67 bits per heavy atom. The van der Waals surface area contributed by atoms with E-state index >= 15 is 0 Å². The van der Waals surface area contributed by atoms with Crippen LogP contribution in [0.5, 0.6) is 0 Å². The van der Waals surface area contributed by atoms with Crippen LogP contribution in [0.25, 0.3) is 0 Å². The van der Waals surface area contributed by atoms with Crippen LogP contribution < -0.4 is 0 Å². The number of hydrogen-bond donors (Lipinski definition) is 1. The summed E-state index contributed by atoms with van der Waals surface area (Å²) in [6, 6.07) is 0.163. The van der Waals surface area contributed by atoms with Crippen LogP contribution in [0.1, 0.15) is 52.9 Å². The van der Waals surface area contributed by atoms with E-state index < -0.39 is 11.5 Å². The molecule has 1 amide bonds. The standard InChI is InChI=1S/C14H23NO3/c1-9-6-10(2)8-14(7-9,13(17)18)15(11(3)16)12-4-5-12/h9-10,12H,4-8H2,1-3H3,(H,17,18). The highest BCUT2D eigenvalue weighted by molar-refractivity contribution is 5.86. The summed E-state index contributed by atoms with van der Waals surface area (Å²) in [5, 5.41) is 9.73. The number of rotatable bonds is 3. The second-order valence-electron chi connectivity index (χ2n) is 6.31. The molecule has 2 aliphatic carbocycles. The summed E-state index contributed by atoms with van der Waals surface area (Å²) in [6.07, 6.45) is 4.17. The number of carboxylic acid groups (broad SMARTS) is 1. The molecule has 0 heterocycles. The van der Waals surface area contributed by atoms with Gasteiger partial charge in [-0.1, -0.05) is 13.8 Å². The molecule has 0 saturated heterocycles. The van der Waals surface area contributed by atoms with Gasteiger partial charge in [-0.2, -0.15) is 0 Å².